The van der Waals surface area contributed by atoms with E-state index in [1.54, 1.807) is 0 Å². The minimum Gasteiger partial charge on any atom is -0.350 e. The van der Waals surface area contributed by atoms with Crippen LogP contribution in [0.15, 0.2) is 36.9 Å². The van der Waals surface area contributed by atoms with Crippen molar-refractivity contribution in [2.24, 2.45) is 0 Å². The summed E-state index contributed by atoms with van der Waals surface area (Å²) in [5, 5.41) is 2.73. The van der Waals surface area contributed by atoms with Gasteiger partial charge in [0.25, 0.3) is 5.91 Å². The van der Waals surface area contributed by atoms with Gasteiger partial charge >= 0.3 is 6.18 Å². The molecule has 2 amide bonds. The van der Waals surface area contributed by atoms with Crippen molar-refractivity contribution in [3.63, 3.8) is 0 Å². The van der Waals surface area contributed by atoms with Crippen LogP contribution in [0.25, 0.3) is 0 Å². The highest BCUT2D eigenvalue weighted by molar-refractivity contribution is 5.96. The van der Waals surface area contributed by atoms with Crippen LogP contribution in [0.4, 0.5) is 13.2 Å². The van der Waals surface area contributed by atoms with Crippen molar-refractivity contribution in [2.45, 2.75) is 25.1 Å². The molecule has 0 spiro atoms. The van der Waals surface area contributed by atoms with Gasteiger partial charge in [0.1, 0.15) is 0 Å². The largest absolute Gasteiger partial charge is 0.417 e. The molecule has 1 aromatic carbocycles. The van der Waals surface area contributed by atoms with Crippen molar-refractivity contribution in [1.82, 2.24) is 10.2 Å². The fraction of sp³-hybridized carbons (Fsp3) is 0.375. The Bertz CT molecular complexity index is 606. The molecule has 2 rings (SSSR count). The predicted octanol–water partition coefficient (Wildman–Crippen LogP) is 2.61. The van der Waals surface area contributed by atoms with Crippen LogP contribution >= 0.6 is 0 Å². The molecule has 0 aliphatic carbocycles. The Kier molecular flexibility index (Phi) is 5.08. The summed E-state index contributed by atoms with van der Waals surface area (Å²) in [6.07, 6.45) is -2.40. The minimum atomic E-state index is -4.57. The summed E-state index contributed by atoms with van der Waals surface area (Å²) in [5.41, 5.74) is -1.26. The normalized spacial score (nSPS) is 16.0. The van der Waals surface area contributed by atoms with Crippen LogP contribution in [-0.2, 0) is 11.0 Å². The van der Waals surface area contributed by atoms with Crippen molar-refractivity contribution in [2.75, 3.05) is 13.1 Å². The van der Waals surface area contributed by atoms with Gasteiger partial charge < -0.3 is 10.2 Å². The minimum absolute atomic E-state index is 0.0950. The van der Waals surface area contributed by atoms with Crippen molar-refractivity contribution < 1.29 is 22.8 Å². The molecule has 7 heteroatoms. The maximum absolute atomic E-state index is 13.0. The molecule has 1 saturated heterocycles. The smallest absolute Gasteiger partial charge is 0.350 e. The van der Waals surface area contributed by atoms with Gasteiger partial charge in [0.15, 0.2) is 0 Å². The average molecular weight is 326 g/mol. The second-order valence-corrected chi connectivity index (χ2v) is 5.32. The number of hydrogen-bond donors (Lipinski definition) is 1. The van der Waals surface area contributed by atoms with E-state index in [1.165, 1.54) is 23.1 Å². The predicted molar refractivity (Wildman–Crippen MR) is 78.7 cm³/mol. The number of rotatable bonds is 3. The molecule has 4 nitrogen and oxygen atoms in total. The van der Waals surface area contributed by atoms with E-state index in [0.717, 1.165) is 12.1 Å². The number of nitrogens with one attached hydrogen (secondary N) is 1. The van der Waals surface area contributed by atoms with Crippen molar-refractivity contribution >= 4 is 11.8 Å². The first-order valence-corrected chi connectivity index (χ1v) is 7.21. The summed E-state index contributed by atoms with van der Waals surface area (Å²) >= 11 is 0. The molecule has 1 fully saturated rings. The van der Waals surface area contributed by atoms with Crippen molar-refractivity contribution in [3.8, 4) is 0 Å². The zero-order chi connectivity index (χ0) is 17.0. The fourth-order valence-corrected chi connectivity index (χ4v) is 2.57. The van der Waals surface area contributed by atoms with E-state index in [2.05, 4.69) is 11.9 Å². The molecule has 0 unspecified atom stereocenters. The van der Waals surface area contributed by atoms with Crippen LogP contribution in [0.1, 0.15) is 28.8 Å². The lowest BCUT2D eigenvalue weighted by molar-refractivity contribution is -0.138. The number of alkyl halides is 3. The molecule has 1 N–H and O–H groups in total. The summed E-state index contributed by atoms with van der Waals surface area (Å²) in [7, 11) is 0. The third-order valence-corrected chi connectivity index (χ3v) is 3.78. The second-order valence-electron chi connectivity index (χ2n) is 5.32. The third kappa shape index (κ3) is 4.12. The Morgan fingerprint density at radius 1 is 1.22 bits per heavy atom. The van der Waals surface area contributed by atoms with Gasteiger partial charge in [-0.1, -0.05) is 18.7 Å². The maximum Gasteiger partial charge on any atom is 0.417 e. The molecule has 23 heavy (non-hydrogen) atoms. The molecule has 0 bridgehead atoms. The van der Waals surface area contributed by atoms with Crippen molar-refractivity contribution in [3.05, 3.63) is 48.0 Å². The summed E-state index contributed by atoms with van der Waals surface area (Å²) in [6.45, 7) is 3.96. The number of carbonyl (C=O) groups excluding carboxylic acids is 2. The Morgan fingerprint density at radius 3 is 2.39 bits per heavy atom. The summed E-state index contributed by atoms with van der Waals surface area (Å²) in [5.74, 6) is -0.927. The Hall–Kier alpha value is -2.31. The summed E-state index contributed by atoms with van der Waals surface area (Å²) in [4.78, 5) is 25.0. The number of hydrogen-bond acceptors (Lipinski definition) is 2. The van der Waals surface area contributed by atoms with E-state index in [9.17, 15) is 22.8 Å². The van der Waals surface area contributed by atoms with Gasteiger partial charge in [-0.05, 0) is 31.1 Å². The quantitative estimate of drug-likeness (QED) is 0.868. The van der Waals surface area contributed by atoms with Gasteiger partial charge in [-0.25, -0.2) is 0 Å². The number of carbonyl (C=O) groups is 2. The van der Waals surface area contributed by atoms with Gasteiger partial charge in [0.2, 0.25) is 5.91 Å². The van der Waals surface area contributed by atoms with E-state index < -0.39 is 17.6 Å². The van der Waals surface area contributed by atoms with E-state index >= 15 is 0 Å². The third-order valence-electron chi connectivity index (χ3n) is 3.78. The molecule has 0 atom stereocenters. The van der Waals surface area contributed by atoms with Crippen LogP contribution < -0.4 is 5.32 Å². The first-order valence-electron chi connectivity index (χ1n) is 7.21. The number of likely N-dealkylation sites (tertiary alicyclic amines) is 1. The molecule has 1 heterocycles. The SMILES string of the molecule is C=CC(=O)NC1CCN(C(=O)c2ccccc2C(F)(F)F)CC1. The molecular weight excluding hydrogens is 309 g/mol. The molecule has 1 aromatic rings. The monoisotopic (exact) mass is 326 g/mol. The first kappa shape index (κ1) is 17.1. The lowest BCUT2D eigenvalue weighted by atomic mass is 10.0. The molecule has 1 aliphatic rings. The van der Waals surface area contributed by atoms with Crippen LogP contribution in [0, 0.1) is 0 Å². The standard InChI is InChI=1S/C16H17F3N2O2/c1-2-14(22)20-11-7-9-21(10-8-11)15(23)12-5-3-4-6-13(12)16(17,18)19/h2-6,11H,1,7-10H2,(H,20,22). The fourth-order valence-electron chi connectivity index (χ4n) is 2.57. The Labute approximate surface area is 132 Å². The van der Waals surface area contributed by atoms with Crippen LogP contribution in [0.5, 0.6) is 0 Å². The average Bonchev–Trinajstić information content (AvgIpc) is 2.54. The van der Waals surface area contributed by atoms with E-state index in [0.29, 0.717) is 25.9 Å². The van der Waals surface area contributed by atoms with Gasteiger partial charge in [-0.15, -0.1) is 0 Å². The maximum atomic E-state index is 13.0. The summed E-state index contributed by atoms with van der Waals surface area (Å²) < 4.78 is 39.0. The van der Waals surface area contributed by atoms with Crippen molar-refractivity contribution in [1.29, 1.82) is 0 Å². The van der Waals surface area contributed by atoms with E-state index in [-0.39, 0.29) is 17.5 Å². The lowest BCUT2D eigenvalue weighted by Gasteiger charge is -2.32. The summed E-state index contributed by atoms with van der Waals surface area (Å²) in [6, 6.07) is 4.68. The number of amides is 2. The number of benzene rings is 1. The van der Waals surface area contributed by atoms with E-state index in [1.807, 2.05) is 0 Å². The molecule has 124 valence electrons. The zero-order valence-electron chi connectivity index (χ0n) is 12.4. The molecule has 0 saturated carbocycles. The molecule has 0 aromatic heterocycles. The van der Waals surface area contributed by atoms with Crippen LogP contribution in [0.2, 0.25) is 0 Å². The highest BCUT2D eigenvalue weighted by Gasteiger charge is 2.36. The molecule has 0 radical (unpaired) electrons. The van der Waals surface area contributed by atoms with Crippen LogP contribution in [0.3, 0.4) is 0 Å². The second kappa shape index (κ2) is 6.85. The topological polar surface area (TPSA) is 49.4 Å². The molecule has 1 aliphatic heterocycles. The van der Waals surface area contributed by atoms with Crippen LogP contribution in [-0.4, -0.2) is 35.8 Å². The lowest BCUT2D eigenvalue weighted by Crippen LogP contribution is -2.46. The van der Waals surface area contributed by atoms with Gasteiger partial charge in [-0.3, -0.25) is 9.59 Å². The van der Waals surface area contributed by atoms with Gasteiger partial charge in [0.05, 0.1) is 11.1 Å². The highest BCUT2D eigenvalue weighted by atomic mass is 19.4. The number of halogens is 3. The van der Waals surface area contributed by atoms with E-state index in [4.69, 9.17) is 0 Å². The molecular formula is C16H17F3N2O2. The zero-order valence-corrected chi connectivity index (χ0v) is 12.4. The van der Waals surface area contributed by atoms with Gasteiger partial charge in [0, 0.05) is 19.1 Å². The number of piperidine rings is 1. The first-order chi connectivity index (χ1) is 10.8. The Balaban J connectivity index is 2.06. The van der Waals surface area contributed by atoms with Gasteiger partial charge in [-0.2, -0.15) is 13.2 Å². The highest BCUT2D eigenvalue weighted by Crippen LogP contribution is 2.32. The number of nitrogens with zero attached hydrogens (tertiary/aromatic N) is 1. The Morgan fingerprint density at radius 2 is 1.83 bits per heavy atom.